The van der Waals surface area contributed by atoms with Gasteiger partial charge in [0.25, 0.3) is 0 Å². The van der Waals surface area contributed by atoms with Crippen molar-refractivity contribution in [2.45, 2.75) is 27.3 Å². The normalized spacial score (nSPS) is 10.4. The molecular weight excluding hydrogens is 286 g/mol. The highest BCUT2D eigenvalue weighted by Crippen LogP contribution is 2.21. The van der Waals surface area contributed by atoms with Crippen molar-refractivity contribution < 1.29 is 0 Å². The van der Waals surface area contributed by atoms with E-state index in [0.717, 1.165) is 11.0 Å². The molecule has 0 aliphatic carbocycles. The molecule has 1 nitrogen and oxygen atoms in total. The first-order chi connectivity index (χ1) is 8.56. The number of halogens is 1. The number of hydrogen-bond donors (Lipinski definition) is 1. The van der Waals surface area contributed by atoms with Gasteiger partial charge in [-0.3, -0.25) is 0 Å². The quantitative estimate of drug-likeness (QED) is 0.842. The zero-order valence-corrected chi connectivity index (χ0v) is 12.6. The lowest BCUT2D eigenvalue weighted by Gasteiger charge is -2.12. The lowest BCUT2D eigenvalue weighted by molar-refractivity contribution is 1.11. The topological polar surface area (TPSA) is 12.0 Å². The Kier molecular flexibility index (Phi) is 4.07. The van der Waals surface area contributed by atoms with E-state index in [1.54, 1.807) is 0 Å². The highest BCUT2D eigenvalue weighted by atomic mass is 79.9. The Labute approximate surface area is 117 Å². The third kappa shape index (κ3) is 3.14. The Morgan fingerprint density at radius 2 is 1.72 bits per heavy atom. The molecule has 18 heavy (non-hydrogen) atoms. The molecule has 0 aromatic heterocycles. The minimum absolute atomic E-state index is 0.864. The summed E-state index contributed by atoms with van der Waals surface area (Å²) >= 11 is 3.51. The molecule has 0 saturated carbocycles. The second-order valence-electron chi connectivity index (χ2n) is 4.74. The van der Waals surface area contributed by atoms with Gasteiger partial charge in [0.05, 0.1) is 0 Å². The van der Waals surface area contributed by atoms with E-state index < -0.39 is 0 Å². The predicted octanol–water partition coefficient (Wildman–Crippen LogP) is 4.99. The fraction of sp³-hybridized carbons (Fsp3) is 0.250. The molecule has 2 aromatic rings. The van der Waals surface area contributed by atoms with Crippen LogP contribution in [0.25, 0.3) is 0 Å². The first-order valence-electron chi connectivity index (χ1n) is 6.12. The number of anilines is 1. The minimum atomic E-state index is 0.864. The fourth-order valence-electron chi connectivity index (χ4n) is 2.02. The highest BCUT2D eigenvalue weighted by molar-refractivity contribution is 9.10. The summed E-state index contributed by atoms with van der Waals surface area (Å²) in [5, 5.41) is 3.50. The third-order valence-electron chi connectivity index (χ3n) is 3.17. The smallest absolute Gasteiger partial charge is 0.0403 e. The molecule has 2 aromatic carbocycles. The molecule has 0 fully saturated rings. The summed E-state index contributed by atoms with van der Waals surface area (Å²) < 4.78 is 1.11. The van der Waals surface area contributed by atoms with E-state index in [9.17, 15) is 0 Å². The summed E-state index contributed by atoms with van der Waals surface area (Å²) in [5.41, 5.74) is 6.46. The van der Waals surface area contributed by atoms with Crippen LogP contribution in [-0.2, 0) is 6.54 Å². The van der Waals surface area contributed by atoms with Crippen LogP contribution in [-0.4, -0.2) is 0 Å². The van der Waals surface area contributed by atoms with Crippen LogP contribution in [0.3, 0.4) is 0 Å². The molecule has 0 unspecified atom stereocenters. The zero-order valence-electron chi connectivity index (χ0n) is 11.0. The van der Waals surface area contributed by atoms with Gasteiger partial charge in [0.15, 0.2) is 0 Å². The fourth-order valence-corrected chi connectivity index (χ4v) is 2.38. The van der Waals surface area contributed by atoms with E-state index in [4.69, 9.17) is 0 Å². The van der Waals surface area contributed by atoms with E-state index in [1.165, 1.54) is 27.9 Å². The van der Waals surface area contributed by atoms with Gasteiger partial charge in [-0.05, 0) is 49.6 Å². The Balaban J connectivity index is 2.13. The van der Waals surface area contributed by atoms with Crippen LogP contribution in [0.4, 0.5) is 5.69 Å². The van der Waals surface area contributed by atoms with Crippen molar-refractivity contribution in [2.75, 3.05) is 5.32 Å². The molecule has 0 atom stereocenters. The molecule has 0 saturated heterocycles. The van der Waals surface area contributed by atoms with Gasteiger partial charge in [-0.2, -0.15) is 0 Å². The summed E-state index contributed by atoms with van der Waals surface area (Å²) in [6.07, 6.45) is 0. The van der Waals surface area contributed by atoms with E-state index in [1.807, 2.05) is 0 Å². The summed E-state index contributed by atoms with van der Waals surface area (Å²) in [4.78, 5) is 0. The Morgan fingerprint density at radius 3 is 2.44 bits per heavy atom. The van der Waals surface area contributed by atoms with E-state index in [2.05, 4.69) is 78.4 Å². The number of nitrogens with one attached hydrogen (secondary N) is 1. The Hall–Kier alpha value is -1.28. The van der Waals surface area contributed by atoms with Crippen molar-refractivity contribution in [1.29, 1.82) is 0 Å². The van der Waals surface area contributed by atoms with Crippen LogP contribution >= 0.6 is 15.9 Å². The van der Waals surface area contributed by atoms with Gasteiger partial charge in [0, 0.05) is 16.7 Å². The van der Waals surface area contributed by atoms with E-state index >= 15 is 0 Å². The number of rotatable bonds is 3. The van der Waals surface area contributed by atoms with Crippen LogP contribution in [0, 0.1) is 20.8 Å². The average molecular weight is 304 g/mol. The van der Waals surface area contributed by atoms with Crippen molar-refractivity contribution >= 4 is 21.6 Å². The zero-order chi connectivity index (χ0) is 13.1. The molecule has 0 radical (unpaired) electrons. The molecule has 0 heterocycles. The van der Waals surface area contributed by atoms with Gasteiger partial charge in [-0.15, -0.1) is 0 Å². The second-order valence-corrected chi connectivity index (χ2v) is 5.66. The summed E-state index contributed by atoms with van der Waals surface area (Å²) in [6.45, 7) is 7.28. The van der Waals surface area contributed by atoms with Gasteiger partial charge >= 0.3 is 0 Å². The Bertz CT molecular complexity index is 561. The molecule has 2 rings (SSSR count). The minimum Gasteiger partial charge on any atom is -0.381 e. The molecule has 94 valence electrons. The molecule has 0 amide bonds. The van der Waals surface area contributed by atoms with E-state index in [-0.39, 0.29) is 0 Å². The van der Waals surface area contributed by atoms with Crippen LogP contribution in [0.5, 0.6) is 0 Å². The lowest BCUT2D eigenvalue weighted by atomic mass is 10.1. The van der Waals surface area contributed by atoms with E-state index in [0.29, 0.717) is 0 Å². The Morgan fingerprint density at radius 1 is 0.944 bits per heavy atom. The monoisotopic (exact) mass is 303 g/mol. The van der Waals surface area contributed by atoms with Crippen molar-refractivity contribution in [3.05, 3.63) is 63.1 Å². The SMILES string of the molecule is Cc1ccc(CNc2cc(Br)ccc2C)c(C)c1. The maximum absolute atomic E-state index is 3.51. The largest absolute Gasteiger partial charge is 0.381 e. The van der Waals surface area contributed by atoms with Crippen LogP contribution in [0.1, 0.15) is 22.3 Å². The molecule has 0 aliphatic rings. The summed E-state index contributed by atoms with van der Waals surface area (Å²) in [5.74, 6) is 0. The number of benzene rings is 2. The first kappa shape index (κ1) is 13.2. The van der Waals surface area contributed by atoms with Crippen molar-refractivity contribution in [3.8, 4) is 0 Å². The maximum atomic E-state index is 3.51. The second kappa shape index (κ2) is 5.57. The van der Waals surface area contributed by atoms with Crippen molar-refractivity contribution in [2.24, 2.45) is 0 Å². The summed E-state index contributed by atoms with van der Waals surface area (Å²) in [7, 11) is 0. The van der Waals surface area contributed by atoms with Gasteiger partial charge in [-0.1, -0.05) is 45.8 Å². The van der Waals surface area contributed by atoms with Gasteiger partial charge in [0.2, 0.25) is 0 Å². The molecule has 0 aliphatic heterocycles. The molecule has 2 heteroatoms. The van der Waals surface area contributed by atoms with Gasteiger partial charge < -0.3 is 5.32 Å². The van der Waals surface area contributed by atoms with Crippen molar-refractivity contribution in [1.82, 2.24) is 0 Å². The number of hydrogen-bond acceptors (Lipinski definition) is 1. The van der Waals surface area contributed by atoms with Crippen LogP contribution < -0.4 is 5.32 Å². The third-order valence-corrected chi connectivity index (χ3v) is 3.66. The first-order valence-corrected chi connectivity index (χ1v) is 6.92. The lowest BCUT2D eigenvalue weighted by Crippen LogP contribution is -2.02. The standard InChI is InChI=1S/C16H18BrN/c1-11-4-6-14(13(3)8-11)10-18-16-9-15(17)7-5-12(16)2/h4-9,18H,10H2,1-3H3. The molecule has 0 bridgehead atoms. The van der Waals surface area contributed by atoms with Gasteiger partial charge in [-0.25, -0.2) is 0 Å². The van der Waals surface area contributed by atoms with Crippen LogP contribution in [0.2, 0.25) is 0 Å². The maximum Gasteiger partial charge on any atom is 0.0403 e. The van der Waals surface area contributed by atoms with Crippen LogP contribution in [0.15, 0.2) is 40.9 Å². The van der Waals surface area contributed by atoms with Crippen molar-refractivity contribution in [3.63, 3.8) is 0 Å². The molecular formula is C16H18BrN. The molecule has 1 N–H and O–H groups in total. The number of aryl methyl sites for hydroxylation is 3. The highest BCUT2D eigenvalue weighted by Gasteiger charge is 2.01. The summed E-state index contributed by atoms with van der Waals surface area (Å²) in [6, 6.07) is 12.9. The predicted molar refractivity (Wildman–Crippen MR) is 82.1 cm³/mol. The average Bonchev–Trinajstić information content (AvgIpc) is 2.32. The molecule has 0 spiro atoms. The van der Waals surface area contributed by atoms with Gasteiger partial charge in [0.1, 0.15) is 0 Å².